The zero-order chi connectivity index (χ0) is 4.41. The van der Waals surface area contributed by atoms with Crippen molar-refractivity contribution in [2.24, 2.45) is 4.99 Å². The van der Waals surface area contributed by atoms with Gasteiger partial charge in [0, 0.05) is 5.75 Å². The third-order valence-corrected chi connectivity index (χ3v) is 1.63. The maximum Gasteiger partial charge on any atom is 0.134 e. The van der Waals surface area contributed by atoms with E-state index < -0.39 is 0 Å². The average Bonchev–Trinajstić information content (AvgIpc) is 1.86. The van der Waals surface area contributed by atoms with E-state index in [4.69, 9.17) is 11.6 Å². The van der Waals surface area contributed by atoms with E-state index in [9.17, 15) is 0 Å². The number of alkyl halides is 1. The molecule has 1 rings (SSSR count). The molecule has 1 atom stereocenters. The monoisotopic (exact) mass is 120 g/mol. The Labute approximate surface area is 45.8 Å². The molecule has 1 radical (unpaired) electrons. The topological polar surface area (TPSA) is 12.4 Å². The fraction of sp³-hybridized carbons (Fsp3) is 0.667. The Morgan fingerprint density at radius 3 is 3.00 bits per heavy atom. The third-order valence-electron chi connectivity index (χ3n) is 0.478. The molecule has 0 N–H and O–H groups in total. The van der Waals surface area contributed by atoms with Crippen molar-refractivity contribution in [1.29, 1.82) is 0 Å². The van der Waals surface area contributed by atoms with E-state index in [0.29, 0.717) is 0 Å². The van der Waals surface area contributed by atoms with Crippen molar-refractivity contribution in [3.8, 4) is 0 Å². The molecule has 6 heavy (non-hydrogen) atoms. The van der Waals surface area contributed by atoms with Crippen LogP contribution in [0, 0.1) is 0 Å². The van der Waals surface area contributed by atoms with Crippen LogP contribution in [0.4, 0.5) is 0 Å². The normalized spacial score (nSPS) is 31.8. The van der Waals surface area contributed by atoms with Crippen molar-refractivity contribution < 1.29 is 0 Å². The SMILES string of the molecule is ClC1CS[C]=N1. The van der Waals surface area contributed by atoms with Crippen LogP contribution in [0.25, 0.3) is 0 Å². The highest BCUT2D eigenvalue weighted by Crippen LogP contribution is 2.13. The summed E-state index contributed by atoms with van der Waals surface area (Å²) in [7, 11) is 0. The molecule has 1 unspecified atom stereocenters. The van der Waals surface area contributed by atoms with Gasteiger partial charge in [0.25, 0.3) is 0 Å². The molecule has 0 aromatic heterocycles. The summed E-state index contributed by atoms with van der Waals surface area (Å²) in [5.74, 6) is 0.890. The summed E-state index contributed by atoms with van der Waals surface area (Å²) < 4.78 is 0. The molecule has 3 heteroatoms. The van der Waals surface area contributed by atoms with Gasteiger partial charge in [0.05, 0.1) is 0 Å². The summed E-state index contributed by atoms with van der Waals surface area (Å²) in [5, 5.41) is 0. The largest absolute Gasteiger partial charge is 0.255 e. The van der Waals surface area contributed by atoms with Crippen LogP contribution in [0.1, 0.15) is 0 Å². The Hall–Kier alpha value is 0.310. The van der Waals surface area contributed by atoms with Crippen LogP contribution < -0.4 is 0 Å². The highest BCUT2D eigenvalue weighted by molar-refractivity contribution is 8.12. The van der Waals surface area contributed by atoms with Gasteiger partial charge in [-0.1, -0.05) is 11.6 Å². The molecule has 0 bridgehead atoms. The lowest BCUT2D eigenvalue weighted by atomic mass is 10.8. The molecule has 0 saturated heterocycles. The highest BCUT2D eigenvalue weighted by Gasteiger charge is 2.04. The Balaban J connectivity index is 2.38. The smallest absolute Gasteiger partial charge is 0.134 e. The van der Waals surface area contributed by atoms with Crippen molar-refractivity contribution in [3.05, 3.63) is 0 Å². The molecule has 1 heterocycles. The van der Waals surface area contributed by atoms with Crippen molar-refractivity contribution >= 4 is 28.9 Å². The molecule has 0 aromatic rings. The van der Waals surface area contributed by atoms with Crippen LogP contribution in [-0.2, 0) is 0 Å². The molecule has 0 spiro atoms. The van der Waals surface area contributed by atoms with Gasteiger partial charge in [-0.2, -0.15) is 0 Å². The van der Waals surface area contributed by atoms with E-state index in [1.54, 1.807) is 0 Å². The molecule has 1 aliphatic rings. The molecule has 1 aliphatic heterocycles. The van der Waals surface area contributed by atoms with E-state index in [2.05, 4.69) is 10.5 Å². The summed E-state index contributed by atoms with van der Waals surface area (Å²) in [5.41, 5.74) is 2.68. The molecule has 0 amide bonds. The lowest BCUT2D eigenvalue weighted by molar-refractivity contribution is 1.08. The molecule has 0 fully saturated rings. The number of aliphatic imine (C=N–C) groups is 1. The van der Waals surface area contributed by atoms with Gasteiger partial charge in [-0.3, -0.25) is 4.99 Å². The van der Waals surface area contributed by atoms with Crippen molar-refractivity contribution in [1.82, 2.24) is 0 Å². The van der Waals surface area contributed by atoms with Gasteiger partial charge in [-0.05, 0) is 0 Å². The Kier molecular flexibility index (Phi) is 1.37. The van der Waals surface area contributed by atoms with Crippen LogP contribution in [0.3, 0.4) is 0 Å². The first-order valence-electron chi connectivity index (χ1n) is 1.60. The number of hydrogen-bond acceptors (Lipinski definition) is 2. The third kappa shape index (κ3) is 0.884. The quantitative estimate of drug-likeness (QED) is 0.346. The summed E-state index contributed by atoms with van der Waals surface area (Å²) in [4.78, 5) is 3.71. The van der Waals surface area contributed by atoms with Crippen LogP contribution in [0.2, 0.25) is 0 Å². The Morgan fingerprint density at radius 2 is 2.83 bits per heavy atom. The molecule has 33 valence electrons. The lowest BCUT2D eigenvalue weighted by Gasteiger charge is -1.84. The number of thioether (sulfide) groups is 1. The number of nitrogens with zero attached hydrogens (tertiary/aromatic N) is 1. The van der Waals surface area contributed by atoms with Crippen LogP contribution in [-0.4, -0.2) is 16.8 Å². The molecule has 0 aliphatic carbocycles. The predicted octanol–water partition coefficient (Wildman–Crippen LogP) is 1.20. The summed E-state index contributed by atoms with van der Waals surface area (Å²) >= 11 is 7.00. The maximum atomic E-state index is 5.46. The second kappa shape index (κ2) is 1.85. The van der Waals surface area contributed by atoms with Crippen molar-refractivity contribution in [3.63, 3.8) is 0 Å². The minimum absolute atomic E-state index is 0.00463. The van der Waals surface area contributed by atoms with E-state index in [1.165, 1.54) is 11.8 Å². The van der Waals surface area contributed by atoms with Crippen LogP contribution >= 0.6 is 23.4 Å². The maximum absolute atomic E-state index is 5.46. The number of rotatable bonds is 0. The zero-order valence-electron chi connectivity index (χ0n) is 3.02. The molecular formula is C3H3ClNS. The minimum atomic E-state index is -0.00463. The standard InChI is InChI=1S/C3H3ClNS/c4-3-1-6-2-5-3/h3H,1H2. The Bertz CT molecular complexity index is 73.2. The van der Waals surface area contributed by atoms with Gasteiger partial charge < -0.3 is 0 Å². The second-order valence-electron chi connectivity index (χ2n) is 0.966. The summed E-state index contributed by atoms with van der Waals surface area (Å²) in [6.07, 6.45) is 0. The van der Waals surface area contributed by atoms with Gasteiger partial charge in [-0.25, -0.2) is 0 Å². The average molecular weight is 121 g/mol. The molecule has 0 aromatic carbocycles. The summed E-state index contributed by atoms with van der Waals surface area (Å²) in [6, 6.07) is 0. The van der Waals surface area contributed by atoms with Crippen molar-refractivity contribution in [2.75, 3.05) is 5.75 Å². The van der Waals surface area contributed by atoms with Gasteiger partial charge in [0.15, 0.2) is 0 Å². The van der Waals surface area contributed by atoms with Gasteiger partial charge in [-0.15, -0.1) is 11.8 Å². The molecule has 1 nitrogen and oxygen atoms in total. The zero-order valence-corrected chi connectivity index (χ0v) is 4.59. The van der Waals surface area contributed by atoms with Gasteiger partial charge in [0.2, 0.25) is 0 Å². The molecule has 0 saturated carbocycles. The fourth-order valence-electron chi connectivity index (χ4n) is 0.238. The first kappa shape index (κ1) is 4.47. The number of halogens is 1. The van der Waals surface area contributed by atoms with Gasteiger partial charge in [0.1, 0.15) is 11.0 Å². The summed E-state index contributed by atoms with van der Waals surface area (Å²) in [6.45, 7) is 0. The van der Waals surface area contributed by atoms with Crippen LogP contribution in [0.5, 0.6) is 0 Å². The second-order valence-corrected chi connectivity index (χ2v) is 2.27. The fourth-order valence-corrected chi connectivity index (χ4v) is 1.02. The van der Waals surface area contributed by atoms with Gasteiger partial charge >= 0.3 is 0 Å². The minimum Gasteiger partial charge on any atom is -0.255 e. The van der Waals surface area contributed by atoms with E-state index >= 15 is 0 Å². The van der Waals surface area contributed by atoms with Crippen molar-refractivity contribution in [2.45, 2.75) is 5.50 Å². The first-order chi connectivity index (χ1) is 2.89. The predicted molar refractivity (Wildman–Crippen MR) is 29.5 cm³/mol. The number of hydrogen-bond donors (Lipinski definition) is 0. The Morgan fingerprint density at radius 1 is 2.00 bits per heavy atom. The van der Waals surface area contributed by atoms with Crippen LogP contribution in [0.15, 0.2) is 4.99 Å². The van der Waals surface area contributed by atoms with E-state index in [0.717, 1.165) is 5.75 Å². The molecular weight excluding hydrogens is 118 g/mol. The first-order valence-corrected chi connectivity index (χ1v) is 3.02. The lowest BCUT2D eigenvalue weighted by Crippen LogP contribution is -1.87. The van der Waals surface area contributed by atoms with E-state index in [1.807, 2.05) is 0 Å². The van der Waals surface area contributed by atoms with E-state index in [-0.39, 0.29) is 5.50 Å². The highest BCUT2D eigenvalue weighted by atomic mass is 35.5.